The minimum atomic E-state index is 1.12. The number of nitrogens with one attached hydrogen (secondary N) is 1. The van der Waals surface area contributed by atoms with E-state index in [-0.39, 0.29) is 0 Å². The molecule has 0 spiro atoms. The first-order valence-corrected chi connectivity index (χ1v) is 5.97. The molecule has 1 N–H and O–H groups in total. The zero-order chi connectivity index (χ0) is 11.7. The van der Waals surface area contributed by atoms with Gasteiger partial charge in [-0.3, -0.25) is 0 Å². The number of nitrogens with zero attached hydrogens (tertiary/aromatic N) is 2. The van der Waals surface area contributed by atoms with Crippen LogP contribution in [0.3, 0.4) is 0 Å². The quantitative estimate of drug-likeness (QED) is 0.729. The van der Waals surface area contributed by atoms with Crippen LogP contribution in [0.15, 0.2) is 43.1 Å². The first kappa shape index (κ1) is 10.1. The fraction of sp³-hybridized carbons (Fsp3) is 0.214. The summed E-state index contributed by atoms with van der Waals surface area (Å²) in [7, 11) is 0. The third-order valence-corrected chi connectivity index (χ3v) is 3.07. The number of benzene rings is 1. The number of fused-ring (bicyclic) bond motifs is 1. The minimum absolute atomic E-state index is 1.12. The fourth-order valence-corrected chi connectivity index (χ4v) is 2.22. The van der Waals surface area contributed by atoms with Gasteiger partial charge in [0.2, 0.25) is 0 Å². The molecule has 0 aliphatic rings. The predicted molar refractivity (Wildman–Crippen MR) is 69.4 cm³/mol. The van der Waals surface area contributed by atoms with Crippen molar-refractivity contribution in [2.24, 2.45) is 0 Å². The normalized spacial score (nSPS) is 11.1. The number of aromatic amines is 1. The summed E-state index contributed by atoms with van der Waals surface area (Å²) in [6.45, 7) is 2.21. The Labute approximate surface area is 100 Å². The van der Waals surface area contributed by atoms with E-state index in [0.717, 1.165) is 12.1 Å². The molecule has 0 bridgehead atoms. The Bertz CT molecular complexity index is 620. The molecule has 0 aliphatic carbocycles. The van der Waals surface area contributed by atoms with E-state index < -0.39 is 0 Å². The molecule has 0 atom stereocenters. The molecule has 3 nitrogen and oxygen atoms in total. The average molecular weight is 225 g/mol. The molecule has 0 unspecified atom stereocenters. The topological polar surface area (TPSA) is 33.6 Å². The maximum Gasteiger partial charge on any atom is 0.0991 e. The van der Waals surface area contributed by atoms with Crippen molar-refractivity contribution in [2.45, 2.75) is 19.8 Å². The van der Waals surface area contributed by atoms with Gasteiger partial charge in [0.05, 0.1) is 6.33 Å². The van der Waals surface area contributed by atoms with Gasteiger partial charge in [0, 0.05) is 35.2 Å². The lowest BCUT2D eigenvalue weighted by Gasteiger charge is -2.03. The Morgan fingerprint density at radius 3 is 3.06 bits per heavy atom. The highest BCUT2D eigenvalue weighted by Crippen LogP contribution is 2.22. The van der Waals surface area contributed by atoms with Crippen molar-refractivity contribution in [1.29, 1.82) is 0 Å². The molecule has 0 saturated carbocycles. The van der Waals surface area contributed by atoms with E-state index in [1.54, 1.807) is 6.20 Å². The smallest absolute Gasteiger partial charge is 0.0991 e. The lowest BCUT2D eigenvalue weighted by molar-refractivity contribution is 0.928. The van der Waals surface area contributed by atoms with Gasteiger partial charge in [-0.1, -0.05) is 13.3 Å². The molecule has 86 valence electrons. The van der Waals surface area contributed by atoms with Gasteiger partial charge in [0.15, 0.2) is 0 Å². The molecule has 0 saturated heterocycles. The van der Waals surface area contributed by atoms with Gasteiger partial charge >= 0.3 is 0 Å². The molecular weight excluding hydrogens is 210 g/mol. The molecule has 3 heteroatoms. The van der Waals surface area contributed by atoms with E-state index in [1.807, 2.05) is 17.1 Å². The van der Waals surface area contributed by atoms with Crippen molar-refractivity contribution in [2.75, 3.05) is 0 Å². The van der Waals surface area contributed by atoms with Gasteiger partial charge in [0.25, 0.3) is 0 Å². The fourth-order valence-electron chi connectivity index (χ4n) is 2.22. The largest absolute Gasteiger partial charge is 0.361 e. The van der Waals surface area contributed by atoms with Crippen LogP contribution in [0.2, 0.25) is 0 Å². The first-order chi connectivity index (χ1) is 8.38. The average Bonchev–Trinajstić information content (AvgIpc) is 2.98. The van der Waals surface area contributed by atoms with Crippen molar-refractivity contribution in [3.8, 4) is 5.69 Å². The van der Waals surface area contributed by atoms with Gasteiger partial charge in [-0.2, -0.15) is 0 Å². The number of aromatic nitrogens is 3. The van der Waals surface area contributed by atoms with Crippen molar-refractivity contribution < 1.29 is 0 Å². The summed E-state index contributed by atoms with van der Waals surface area (Å²) in [5.41, 5.74) is 3.76. The number of aryl methyl sites for hydroxylation is 1. The van der Waals surface area contributed by atoms with E-state index in [0.29, 0.717) is 0 Å². The van der Waals surface area contributed by atoms with Crippen LogP contribution < -0.4 is 0 Å². The molecule has 2 aromatic heterocycles. The Morgan fingerprint density at radius 1 is 1.35 bits per heavy atom. The molecule has 0 radical (unpaired) electrons. The summed E-state index contributed by atoms with van der Waals surface area (Å²) >= 11 is 0. The van der Waals surface area contributed by atoms with E-state index in [1.165, 1.54) is 22.9 Å². The SMILES string of the molecule is CCCc1c[nH]c2ccc(-n3ccnc3)cc12. The van der Waals surface area contributed by atoms with Crippen molar-refractivity contribution >= 4 is 10.9 Å². The Balaban J connectivity index is 2.13. The van der Waals surface area contributed by atoms with Gasteiger partial charge < -0.3 is 9.55 Å². The monoisotopic (exact) mass is 225 g/mol. The van der Waals surface area contributed by atoms with Crippen LogP contribution in [0.25, 0.3) is 16.6 Å². The maximum absolute atomic E-state index is 4.08. The molecule has 1 aromatic carbocycles. The highest BCUT2D eigenvalue weighted by atomic mass is 15.0. The summed E-state index contributed by atoms with van der Waals surface area (Å²) in [5.74, 6) is 0. The molecule has 0 fully saturated rings. The summed E-state index contributed by atoms with van der Waals surface area (Å²) in [4.78, 5) is 7.40. The lowest BCUT2D eigenvalue weighted by Crippen LogP contribution is -1.89. The zero-order valence-electron chi connectivity index (χ0n) is 9.85. The van der Waals surface area contributed by atoms with Crippen LogP contribution in [0.4, 0.5) is 0 Å². The van der Waals surface area contributed by atoms with Crippen LogP contribution >= 0.6 is 0 Å². The Hall–Kier alpha value is -2.03. The Morgan fingerprint density at radius 2 is 2.29 bits per heavy atom. The van der Waals surface area contributed by atoms with Crippen molar-refractivity contribution in [3.63, 3.8) is 0 Å². The minimum Gasteiger partial charge on any atom is -0.361 e. The van der Waals surface area contributed by atoms with Crippen LogP contribution in [0.5, 0.6) is 0 Å². The summed E-state index contributed by atoms with van der Waals surface area (Å²) in [5, 5.41) is 1.32. The molecule has 3 aromatic rings. The highest BCUT2D eigenvalue weighted by Gasteiger charge is 2.04. The van der Waals surface area contributed by atoms with Crippen LogP contribution in [-0.4, -0.2) is 14.5 Å². The number of imidazole rings is 1. The van der Waals surface area contributed by atoms with Gasteiger partial charge in [0.1, 0.15) is 0 Å². The first-order valence-electron chi connectivity index (χ1n) is 5.97. The molecule has 0 aliphatic heterocycles. The molecule has 3 rings (SSSR count). The zero-order valence-corrected chi connectivity index (χ0v) is 9.85. The second-order valence-corrected chi connectivity index (χ2v) is 4.26. The van der Waals surface area contributed by atoms with Gasteiger partial charge in [-0.05, 0) is 30.2 Å². The number of hydrogen-bond donors (Lipinski definition) is 1. The van der Waals surface area contributed by atoms with Gasteiger partial charge in [-0.15, -0.1) is 0 Å². The third kappa shape index (κ3) is 1.73. The molecular formula is C14H15N3. The van der Waals surface area contributed by atoms with E-state index >= 15 is 0 Å². The molecule has 17 heavy (non-hydrogen) atoms. The second kappa shape index (κ2) is 4.09. The van der Waals surface area contributed by atoms with Crippen molar-refractivity contribution in [1.82, 2.24) is 14.5 Å². The molecule has 2 heterocycles. The van der Waals surface area contributed by atoms with E-state index in [4.69, 9.17) is 0 Å². The van der Waals surface area contributed by atoms with Crippen LogP contribution in [0, 0.1) is 0 Å². The maximum atomic E-state index is 4.08. The number of hydrogen-bond acceptors (Lipinski definition) is 1. The summed E-state index contributed by atoms with van der Waals surface area (Å²) in [6, 6.07) is 6.46. The standard InChI is InChI=1S/C14H15N3/c1-2-3-11-9-16-14-5-4-12(8-13(11)14)17-7-6-15-10-17/h4-10,16H,2-3H2,1H3. The summed E-state index contributed by atoms with van der Waals surface area (Å²) < 4.78 is 2.03. The second-order valence-electron chi connectivity index (χ2n) is 4.26. The third-order valence-electron chi connectivity index (χ3n) is 3.07. The predicted octanol–water partition coefficient (Wildman–Crippen LogP) is 3.31. The summed E-state index contributed by atoms with van der Waals surface area (Å²) in [6.07, 6.45) is 10.00. The van der Waals surface area contributed by atoms with Crippen LogP contribution in [0.1, 0.15) is 18.9 Å². The van der Waals surface area contributed by atoms with Crippen molar-refractivity contribution in [3.05, 3.63) is 48.7 Å². The lowest BCUT2D eigenvalue weighted by atomic mass is 10.1. The van der Waals surface area contributed by atoms with Gasteiger partial charge in [-0.25, -0.2) is 4.98 Å². The van der Waals surface area contributed by atoms with E-state index in [9.17, 15) is 0 Å². The molecule has 0 amide bonds. The number of H-pyrrole nitrogens is 1. The van der Waals surface area contributed by atoms with Crippen LogP contribution in [-0.2, 0) is 6.42 Å². The van der Waals surface area contributed by atoms with E-state index in [2.05, 4.69) is 41.3 Å². The number of rotatable bonds is 3. The Kier molecular flexibility index (Phi) is 2.44. The highest BCUT2D eigenvalue weighted by molar-refractivity contribution is 5.85.